The molecule has 1 aliphatic rings. The molecule has 0 amide bonds. The number of pyridine rings is 1. The van der Waals surface area contributed by atoms with Crippen molar-refractivity contribution >= 4 is 17.5 Å². The second-order valence-electron chi connectivity index (χ2n) is 8.46. The van der Waals surface area contributed by atoms with Gasteiger partial charge in [0, 0.05) is 61.5 Å². The Balaban J connectivity index is 1.52. The molecule has 3 aromatic rings. The lowest BCUT2D eigenvalue weighted by Gasteiger charge is -2.36. The predicted octanol–water partition coefficient (Wildman–Crippen LogP) is 3.74. The lowest BCUT2D eigenvalue weighted by atomic mass is 10.0. The van der Waals surface area contributed by atoms with Crippen LogP contribution in [-0.4, -0.2) is 62.0 Å². The highest BCUT2D eigenvalue weighted by atomic mass is 16.5. The van der Waals surface area contributed by atoms with Gasteiger partial charge >= 0.3 is 0 Å². The van der Waals surface area contributed by atoms with E-state index in [1.165, 1.54) is 0 Å². The molecule has 2 aromatic heterocycles. The van der Waals surface area contributed by atoms with Crippen LogP contribution < -0.4 is 29.7 Å². The lowest BCUT2D eigenvalue weighted by molar-refractivity contribution is 0.324. The number of ether oxygens (including phenoxy) is 3. The van der Waals surface area contributed by atoms with Gasteiger partial charge in [-0.3, -0.25) is 0 Å². The molecule has 1 fully saturated rings. The van der Waals surface area contributed by atoms with E-state index in [1.54, 1.807) is 27.5 Å². The van der Waals surface area contributed by atoms with Gasteiger partial charge in [0.05, 0.1) is 27.0 Å². The number of anilines is 3. The summed E-state index contributed by atoms with van der Waals surface area (Å²) in [6.45, 7) is 7.37. The van der Waals surface area contributed by atoms with Gasteiger partial charge in [-0.25, -0.2) is 15.0 Å². The summed E-state index contributed by atoms with van der Waals surface area (Å²) in [5.41, 5.74) is 2.43. The fourth-order valence-corrected chi connectivity index (χ4v) is 4.02. The van der Waals surface area contributed by atoms with Crippen molar-refractivity contribution in [2.45, 2.75) is 19.9 Å². The maximum absolute atomic E-state index is 5.43. The zero-order chi connectivity index (χ0) is 24.1. The van der Waals surface area contributed by atoms with Gasteiger partial charge < -0.3 is 29.7 Å². The summed E-state index contributed by atoms with van der Waals surface area (Å²) >= 11 is 0. The van der Waals surface area contributed by atoms with Crippen molar-refractivity contribution in [1.29, 1.82) is 0 Å². The first-order valence-corrected chi connectivity index (χ1v) is 11.4. The lowest BCUT2D eigenvalue weighted by Crippen LogP contribution is -2.53. The molecule has 1 aromatic carbocycles. The summed E-state index contributed by atoms with van der Waals surface area (Å²) in [5.74, 6) is 3.65. The van der Waals surface area contributed by atoms with E-state index in [-0.39, 0.29) is 0 Å². The molecule has 2 N–H and O–H groups in total. The van der Waals surface area contributed by atoms with E-state index in [1.807, 2.05) is 24.4 Å². The molecule has 0 saturated carbocycles. The van der Waals surface area contributed by atoms with Crippen molar-refractivity contribution in [2.75, 3.05) is 51.2 Å². The molecule has 3 heterocycles. The van der Waals surface area contributed by atoms with Crippen LogP contribution in [0.2, 0.25) is 0 Å². The highest BCUT2D eigenvalue weighted by Crippen LogP contribution is 2.40. The van der Waals surface area contributed by atoms with Crippen molar-refractivity contribution in [3.8, 4) is 28.5 Å². The van der Waals surface area contributed by atoms with Gasteiger partial charge in [-0.15, -0.1) is 0 Å². The third kappa shape index (κ3) is 5.14. The summed E-state index contributed by atoms with van der Waals surface area (Å²) in [6, 6.07) is 10.1. The van der Waals surface area contributed by atoms with Crippen molar-refractivity contribution in [3.63, 3.8) is 0 Å². The Hall–Kier alpha value is -3.59. The van der Waals surface area contributed by atoms with Crippen molar-refractivity contribution in [1.82, 2.24) is 20.3 Å². The average molecular weight is 465 g/mol. The third-order valence-corrected chi connectivity index (χ3v) is 5.95. The van der Waals surface area contributed by atoms with E-state index in [9.17, 15) is 0 Å². The second-order valence-corrected chi connectivity index (χ2v) is 8.46. The Morgan fingerprint density at radius 1 is 1.03 bits per heavy atom. The maximum Gasteiger partial charge on any atom is 0.227 e. The number of rotatable bonds is 8. The van der Waals surface area contributed by atoms with Crippen molar-refractivity contribution in [2.24, 2.45) is 5.92 Å². The second kappa shape index (κ2) is 10.6. The number of hydrogen-bond donors (Lipinski definition) is 2. The molecule has 0 unspecified atom stereocenters. The molecular formula is C25H32N6O3. The summed E-state index contributed by atoms with van der Waals surface area (Å²) in [5, 5.41) is 6.81. The van der Waals surface area contributed by atoms with Gasteiger partial charge in [0.15, 0.2) is 11.5 Å². The van der Waals surface area contributed by atoms with Crippen LogP contribution in [-0.2, 0) is 0 Å². The molecule has 0 bridgehead atoms. The number of nitrogens with zero attached hydrogens (tertiary/aromatic N) is 4. The molecule has 1 atom stereocenters. The molecule has 1 aliphatic heterocycles. The van der Waals surface area contributed by atoms with Crippen LogP contribution in [0.1, 0.15) is 13.8 Å². The Bertz CT molecular complexity index is 1080. The zero-order valence-electron chi connectivity index (χ0n) is 20.3. The number of aromatic nitrogens is 3. The van der Waals surface area contributed by atoms with Crippen molar-refractivity contribution < 1.29 is 14.2 Å². The van der Waals surface area contributed by atoms with E-state index in [2.05, 4.69) is 51.5 Å². The first kappa shape index (κ1) is 23.6. The molecule has 9 heteroatoms. The van der Waals surface area contributed by atoms with Gasteiger partial charge in [0.2, 0.25) is 11.7 Å². The van der Waals surface area contributed by atoms with Crippen LogP contribution in [0.4, 0.5) is 17.5 Å². The van der Waals surface area contributed by atoms with Crippen LogP contribution in [0.25, 0.3) is 11.3 Å². The SMILES string of the molecule is COc1cc(Nc2nccc(-c3ccc(N4CCN[C@H](C(C)C)C4)nc3)n2)cc(OC)c1OC. The van der Waals surface area contributed by atoms with Crippen LogP contribution in [0.3, 0.4) is 0 Å². The maximum atomic E-state index is 5.43. The van der Waals surface area contributed by atoms with E-state index in [0.717, 1.165) is 42.4 Å². The quantitative estimate of drug-likeness (QED) is 0.517. The topological polar surface area (TPSA) is 93.7 Å². The van der Waals surface area contributed by atoms with Gasteiger partial charge in [0.25, 0.3) is 0 Å². The highest BCUT2D eigenvalue weighted by Gasteiger charge is 2.22. The first-order chi connectivity index (χ1) is 16.5. The molecule has 0 spiro atoms. The predicted molar refractivity (Wildman–Crippen MR) is 133 cm³/mol. The minimum absolute atomic E-state index is 0.456. The molecule has 34 heavy (non-hydrogen) atoms. The number of benzene rings is 1. The Morgan fingerprint density at radius 3 is 2.41 bits per heavy atom. The fraction of sp³-hybridized carbons (Fsp3) is 0.400. The molecule has 0 aliphatic carbocycles. The summed E-state index contributed by atoms with van der Waals surface area (Å²) < 4.78 is 16.2. The highest BCUT2D eigenvalue weighted by molar-refractivity contribution is 5.67. The van der Waals surface area contributed by atoms with E-state index in [4.69, 9.17) is 19.2 Å². The molecule has 0 radical (unpaired) electrons. The van der Waals surface area contributed by atoms with E-state index in [0.29, 0.717) is 35.2 Å². The van der Waals surface area contributed by atoms with Gasteiger partial charge in [-0.2, -0.15) is 0 Å². The molecular weight excluding hydrogens is 432 g/mol. The monoisotopic (exact) mass is 464 g/mol. The fourth-order valence-electron chi connectivity index (χ4n) is 4.02. The van der Waals surface area contributed by atoms with Gasteiger partial charge in [-0.1, -0.05) is 13.8 Å². The Morgan fingerprint density at radius 2 is 1.79 bits per heavy atom. The van der Waals surface area contributed by atoms with Gasteiger partial charge in [-0.05, 0) is 24.1 Å². The number of piperazine rings is 1. The Kier molecular flexibility index (Phi) is 7.32. The number of hydrogen-bond acceptors (Lipinski definition) is 9. The Labute approximate surface area is 200 Å². The largest absolute Gasteiger partial charge is 0.493 e. The van der Waals surface area contributed by atoms with E-state index >= 15 is 0 Å². The van der Waals surface area contributed by atoms with E-state index < -0.39 is 0 Å². The molecule has 4 rings (SSSR count). The van der Waals surface area contributed by atoms with Crippen molar-refractivity contribution in [3.05, 3.63) is 42.7 Å². The van der Waals surface area contributed by atoms with Gasteiger partial charge in [0.1, 0.15) is 5.82 Å². The number of nitrogens with one attached hydrogen (secondary N) is 2. The van der Waals surface area contributed by atoms with Crippen LogP contribution in [0.15, 0.2) is 42.7 Å². The minimum atomic E-state index is 0.456. The average Bonchev–Trinajstić information content (AvgIpc) is 2.88. The minimum Gasteiger partial charge on any atom is -0.493 e. The zero-order valence-corrected chi connectivity index (χ0v) is 20.3. The van der Waals surface area contributed by atoms with Crippen LogP contribution in [0.5, 0.6) is 17.2 Å². The summed E-state index contributed by atoms with van der Waals surface area (Å²) in [7, 11) is 4.74. The molecule has 180 valence electrons. The molecule has 1 saturated heterocycles. The third-order valence-electron chi connectivity index (χ3n) is 5.95. The van der Waals surface area contributed by atoms with Crippen LogP contribution >= 0.6 is 0 Å². The smallest absolute Gasteiger partial charge is 0.227 e. The molecule has 9 nitrogen and oxygen atoms in total. The normalized spacial score (nSPS) is 15.8. The standard InChI is InChI=1S/C25H32N6O3/c1-16(2)20-15-31(11-10-26-20)23-7-6-17(14-28-23)19-8-9-27-25(30-19)29-18-12-21(32-3)24(34-5)22(13-18)33-4/h6-9,12-14,16,20,26H,10-11,15H2,1-5H3,(H,27,29,30)/t20-/m0/s1. The number of methoxy groups -OCH3 is 3. The first-order valence-electron chi connectivity index (χ1n) is 11.4. The summed E-state index contributed by atoms with van der Waals surface area (Å²) in [4.78, 5) is 16.1. The van der Waals surface area contributed by atoms with Crippen LogP contribution in [0, 0.1) is 5.92 Å². The summed E-state index contributed by atoms with van der Waals surface area (Å²) in [6.07, 6.45) is 3.59.